The Bertz CT molecular complexity index is 1200. The van der Waals surface area contributed by atoms with E-state index in [0.29, 0.717) is 27.7 Å². The predicted molar refractivity (Wildman–Crippen MR) is 120 cm³/mol. The third kappa shape index (κ3) is 3.99. The van der Waals surface area contributed by atoms with Crippen molar-refractivity contribution in [2.24, 2.45) is 0 Å². The van der Waals surface area contributed by atoms with Crippen LogP contribution >= 0.6 is 11.6 Å². The van der Waals surface area contributed by atoms with Gasteiger partial charge in [0.25, 0.3) is 5.78 Å². The Kier molecular flexibility index (Phi) is 5.76. The molecule has 1 aromatic heterocycles. The topological polar surface area (TPSA) is 92.9 Å². The molecule has 0 radical (unpaired) electrons. The number of rotatable bonds is 5. The third-order valence-corrected chi connectivity index (χ3v) is 5.24. The average molecular weight is 453 g/mol. The molecular weight excluding hydrogens is 432 g/mol. The maximum Gasteiger partial charge on any atom is 0.301 e. The highest BCUT2D eigenvalue weighted by Crippen LogP contribution is 2.42. The van der Waals surface area contributed by atoms with Gasteiger partial charge in [-0.1, -0.05) is 28.9 Å². The normalized spacial score (nSPS) is 17.9. The van der Waals surface area contributed by atoms with E-state index >= 15 is 0 Å². The van der Waals surface area contributed by atoms with Crippen LogP contribution in [0, 0.1) is 6.92 Å². The standard InChI is InChI=1S/C24H21ClN2O5/c1-13(2)31-18-10-6-15(7-11-18)21-20(22(28)16-4-8-17(25)9-5-16)23(29)24(30)27(21)19-12-14(3)32-26-19/h4-13,21,28H,1-3H3/b22-20+/t21-/m1/s1. The highest BCUT2D eigenvalue weighted by Gasteiger charge is 2.48. The molecule has 3 aromatic rings. The van der Waals surface area contributed by atoms with Gasteiger partial charge in [0, 0.05) is 16.7 Å². The number of aliphatic hydroxyl groups is 1. The lowest BCUT2D eigenvalue weighted by molar-refractivity contribution is -0.132. The third-order valence-electron chi connectivity index (χ3n) is 4.99. The molecule has 164 valence electrons. The minimum atomic E-state index is -0.900. The van der Waals surface area contributed by atoms with Crippen LogP contribution < -0.4 is 9.64 Å². The zero-order valence-electron chi connectivity index (χ0n) is 17.7. The summed E-state index contributed by atoms with van der Waals surface area (Å²) in [4.78, 5) is 27.3. The maximum absolute atomic E-state index is 13.1. The van der Waals surface area contributed by atoms with Crippen molar-refractivity contribution < 1.29 is 24.0 Å². The highest BCUT2D eigenvalue weighted by atomic mass is 35.5. The van der Waals surface area contributed by atoms with Gasteiger partial charge in [-0.2, -0.15) is 0 Å². The lowest BCUT2D eigenvalue weighted by Crippen LogP contribution is -2.29. The lowest BCUT2D eigenvalue weighted by Gasteiger charge is -2.23. The molecule has 1 aliphatic rings. The van der Waals surface area contributed by atoms with E-state index in [0.717, 1.165) is 0 Å². The fraction of sp³-hybridized carbons (Fsp3) is 0.208. The first-order chi connectivity index (χ1) is 15.3. The van der Waals surface area contributed by atoms with E-state index in [-0.39, 0.29) is 23.3 Å². The number of benzene rings is 2. The molecule has 0 spiro atoms. The monoisotopic (exact) mass is 452 g/mol. The number of Topliss-reactive ketones (excluding diaryl/α,β-unsaturated/α-hetero) is 1. The molecule has 8 heteroatoms. The Morgan fingerprint density at radius 3 is 2.34 bits per heavy atom. The lowest BCUT2D eigenvalue weighted by atomic mass is 9.95. The van der Waals surface area contributed by atoms with Crippen LogP contribution in [0.3, 0.4) is 0 Å². The summed E-state index contributed by atoms with van der Waals surface area (Å²) in [6, 6.07) is 14.1. The second-order valence-corrected chi connectivity index (χ2v) is 8.14. The molecule has 0 unspecified atom stereocenters. The van der Waals surface area contributed by atoms with E-state index in [4.69, 9.17) is 20.9 Å². The SMILES string of the molecule is Cc1cc(N2C(=O)C(=O)/C(=C(/O)c3ccc(Cl)cc3)[C@H]2c2ccc(OC(C)C)cc2)no1. The fourth-order valence-corrected chi connectivity index (χ4v) is 3.74. The van der Waals surface area contributed by atoms with Crippen LogP contribution in [0.25, 0.3) is 5.76 Å². The van der Waals surface area contributed by atoms with Crippen LogP contribution in [-0.4, -0.2) is 28.1 Å². The molecule has 0 saturated carbocycles. The predicted octanol–water partition coefficient (Wildman–Crippen LogP) is 5.05. The minimum absolute atomic E-state index is 0.00510. The largest absolute Gasteiger partial charge is 0.507 e. The summed E-state index contributed by atoms with van der Waals surface area (Å²) in [5.74, 6) is -0.593. The number of carbonyl (C=O) groups excluding carboxylic acids is 2. The zero-order chi connectivity index (χ0) is 23.0. The number of amides is 1. The van der Waals surface area contributed by atoms with Crippen LogP contribution in [0.15, 0.2) is 64.7 Å². The Morgan fingerprint density at radius 2 is 1.78 bits per heavy atom. The number of aromatic nitrogens is 1. The smallest absolute Gasteiger partial charge is 0.301 e. The Morgan fingerprint density at radius 1 is 1.12 bits per heavy atom. The minimum Gasteiger partial charge on any atom is -0.507 e. The van der Waals surface area contributed by atoms with Gasteiger partial charge in [-0.25, -0.2) is 0 Å². The molecule has 1 atom stereocenters. The number of halogens is 1. The number of ketones is 1. The summed E-state index contributed by atoms with van der Waals surface area (Å²) in [6.45, 7) is 5.53. The van der Waals surface area contributed by atoms with Crippen molar-refractivity contribution in [3.05, 3.63) is 82.1 Å². The van der Waals surface area contributed by atoms with Crippen molar-refractivity contribution in [3.8, 4) is 5.75 Å². The van der Waals surface area contributed by atoms with Gasteiger partial charge < -0.3 is 14.4 Å². The Labute approximate surface area is 189 Å². The number of aliphatic hydroxyl groups excluding tert-OH is 1. The number of carbonyl (C=O) groups is 2. The number of ether oxygens (including phenoxy) is 1. The number of nitrogens with zero attached hydrogens (tertiary/aromatic N) is 2. The molecule has 2 aromatic carbocycles. The number of anilines is 1. The molecule has 1 amide bonds. The first-order valence-electron chi connectivity index (χ1n) is 10.0. The molecule has 1 aliphatic heterocycles. The van der Waals surface area contributed by atoms with Crippen molar-refractivity contribution in [3.63, 3.8) is 0 Å². The van der Waals surface area contributed by atoms with Crippen LogP contribution in [-0.2, 0) is 9.59 Å². The summed E-state index contributed by atoms with van der Waals surface area (Å²) >= 11 is 5.95. The van der Waals surface area contributed by atoms with Gasteiger partial charge in [0.15, 0.2) is 5.82 Å². The van der Waals surface area contributed by atoms with E-state index in [9.17, 15) is 14.7 Å². The second-order valence-electron chi connectivity index (χ2n) is 7.71. The molecule has 32 heavy (non-hydrogen) atoms. The van der Waals surface area contributed by atoms with Crippen LogP contribution in [0.2, 0.25) is 5.02 Å². The first kappa shape index (κ1) is 21.6. The summed E-state index contributed by atoms with van der Waals surface area (Å²) in [5.41, 5.74) is 0.931. The molecule has 4 rings (SSSR count). The van der Waals surface area contributed by atoms with E-state index in [1.54, 1.807) is 61.5 Å². The van der Waals surface area contributed by atoms with Crippen molar-refractivity contribution in [2.75, 3.05) is 4.90 Å². The molecule has 1 N–H and O–H groups in total. The average Bonchev–Trinajstić information content (AvgIpc) is 3.29. The van der Waals surface area contributed by atoms with E-state index in [1.165, 1.54) is 4.90 Å². The molecule has 1 saturated heterocycles. The van der Waals surface area contributed by atoms with Crippen molar-refractivity contribution in [2.45, 2.75) is 32.9 Å². The van der Waals surface area contributed by atoms with Crippen LogP contribution in [0.4, 0.5) is 5.82 Å². The fourth-order valence-electron chi connectivity index (χ4n) is 3.62. The van der Waals surface area contributed by atoms with Gasteiger partial charge in [-0.05, 0) is 62.7 Å². The molecule has 0 aliphatic carbocycles. The van der Waals surface area contributed by atoms with E-state index < -0.39 is 17.7 Å². The molecule has 2 heterocycles. The van der Waals surface area contributed by atoms with Crippen molar-refractivity contribution in [1.82, 2.24) is 5.16 Å². The molecular formula is C24H21ClN2O5. The first-order valence-corrected chi connectivity index (χ1v) is 10.4. The summed E-state index contributed by atoms with van der Waals surface area (Å²) in [7, 11) is 0. The summed E-state index contributed by atoms with van der Waals surface area (Å²) < 4.78 is 10.8. The van der Waals surface area contributed by atoms with Crippen LogP contribution in [0.1, 0.15) is 36.8 Å². The van der Waals surface area contributed by atoms with Crippen molar-refractivity contribution >= 4 is 34.9 Å². The molecule has 7 nitrogen and oxygen atoms in total. The number of hydrogen-bond acceptors (Lipinski definition) is 6. The summed E-state index contributed by atoms with van der Waals surface area (Å²) in [5, 5.41) is 15.5. The van der Waals surface area contributed by atoms with Gasteiger partial charge in [-0.3, -0.25) is 14.5 Å². The molecule has 0 bridgehead atoms. The van der Waals surface area contributed by atoms with Gasteiger partial charge >= 0.3 is 5.91 Å². The maximum atomic E-state index is 13.1. The Balaban J connectivity index is 1.87. The zero-order valence-corrected chi connectivity index (χ0v) is 18.5. The van der Waals surface area contributed by atoms with Crippen LogP contribution in [0.5, 0.6) is 5.75 Å². The number of aryl methyl sites for hydroxylation is 1. The Hall–Kier alpha value is -3.58. The second kappa shape index (κ2) is 8.51. The van der Waals surface area contributed by atoms with Gasteiger partial charge in [-0.15, -0.1) is 0 Å². The van der Waals surface area contributed by atoms with E-state index in [2.05, 4.69) is 5.16 Å². The summed E-state index contributed by atoms with van der Waals surface area (Å²) in [6.07, 6.45) is -0.00510. The van der Waals surface area contributed by atoms with Gasteiger partial charge in [0.05, 0.1) is 17.7 Å². The molecule has 1 fully saturated rings. The van der Waals surface area contributed by atoms with Gasteiger partial charge in [0.1, 0.15) is 17.3 Å². The highest BCUT2D eigenvalue weighted by molar-refractivity contribution is 6.51. The number of hydrogen-bond donors (Lipinski definition) is 1. The van der Waals surface area contributed by atoms with Gasteiger partial charge in [0.2, 0.25) is 0 Å². The van der Waals surface area contributed by atoms with Crippen molar-refractivity contribution in [1.29, 1.82) is 0 Å². The van der Waals surface area contributed by atoms with E-state index in [1.807, 2.05) is 13.8 Å². The quantitative estimate of drug-likeness (QED) is 0.331.